The number of carboxylic acid groups (broad SMARTS) is 1. The summed E-state index contributed by atoms with van der Waals surface area (Å²) in [6.07, 6.45) is 74.7. The van der Waals surface area contributed by atoms with Crippen LogP contribution in [0, 0.1) is 0 Å². The minimum Gasteiger partial charge on any atom is -0.545 e. The zero-order valence-electron chi connectivity index (χ0n) is 52.8. The number of esters is 2. The second-order valence-electron chi connectivity index (χ2n) is 24.1. The van der Waals surface area contributed by atoms with E-state index in [9.17, 15) is 19.5 Å². The van der Waals surface area contributed by atoms with Crippen molar-refractivity contribution in [3.05, 3.63) is 48.6 Å². The molecule has 0 aromatic carbocycles. The van der Waals surface area contributed by atoms with Crippen LogP contribution in [0.5, 0.6) is 0 Å². The van der Waals surface area contributed by atoms with E-state index in [4.69, 9.17) is 18.9 Å². The Morgan fingerprint density at radius 2 is 0.684 bits per heavy atom. The molecular formula is C70H129NO8. The summed E-state index contributed by atoms with van der Waals surface area (Å²) in [7, 11) is 5.93. The first-order chi connectivity index (χ1) is 38.6. The highest BCUT2D eigenvalue weighted by molar-refractivity contribution is 5.70. The van der Waals surface area contributed by atoms with Crippen LogP contribution in [-0.2, 0) is 33.3 Å². The highest BCUT2D eigenvalue weighted by Crippen LogP contribution is 2.18. The first-order valence-corrected chi connectivity index (χ1v) is 33.8. The lowest BCUT2D eigenvalue weighted by molar-refractivity contribution is -0.870. The van der Waals surface area contributed by atoms with Crippen LogP contribution >= 0.6 is 0 Å². The SMILES string of the molecule is CCCCCCC/C=C\C/C=C\CCCCCCCCCCCCCCCCCCCCCCCC(=O)OC(COC(=O)CCCCCCCCCCC/C=C\C/C=C\CCCCCCC)COC(OCC[N+](C)(C)C)C(=O)[O-]. The molecule has 2 unspecified atom stereocenters. The molecule has 0 aromatic rings. The number of aliphatic carboxylic acids is 1. The first-order valence-electron chi connectivity index (χ1n) is 33.8. The van der Waals surface area contributed by atoms with Crippen molar-refractivity contribution in [1.29, 1.82) is 0 Å². The van der Waals surface area contributed by atoms with E-state index in [1.54, 1.807) is 0 Å². The Bertz CT molecular complexity index is 1430. The highest BCUT2D eigenvalue weighted by atomic mass is 16.7. The molecule has 79 heavy (non-hydrogen) atoms. The van der Waals surface area contributed by atoms with Gasteiger partial charge in [-0.1, -0.05) is 281 Å². The lowest BCUT2D eigenvalue weighted by atomic mass is 10.0. The van der Waals surface area contributed by atoms with Crippen LogP contribution < -0.4 is 5.11 Å². The Balaban J connectivity index is 4.08. The number of hydrogen-bond donors (Lipinski definition) is 0. The first kappa shape index (κ1) is 76.2. The van der Waals surface area contributed by atoms with Gasteiger partial charge < -0.3 is 33.3 Å². The minimum absolute atomic E-state index is 0.148. The van der Waals surface area contributed by atoms with Gasteiger partial charge in [0.05, 0.1) is 40.3 Å². The molecule has 0 amide bonds. The summed E-state index contributed by atoms with van der Waals surface area (Å²) < 4.78 is 22.8. The molecule has 0 aliphatic carbocycles. The van der Waals surface area contributed by atoms with Crippen LogP contribution in [0.4, 0.5) is 0 Å². The second kappa shape index (κ2) is 61.3. The number of nitrogens with zero attached hydrogens (tertiary/aromatic N) is 1. The number of quaternary nitrogens is 1. The van der Waals surface area contributed by atoms with Gasteiger partial charge >= 0.3 is 11.9 Å². The number of rotatable bonds is 63. The third-order valence-electron chi connectivity index (χ3n) is 15.0. The quantitative estimate of drug-likeness (QED) is 0.0195. The van der Waals surface area contributed by atoms with Crippen molar-refractivity contribution < 1.29 is 42.9 Å². The fourth-order valence-electron chi connectivity index (χ4n) is 9.84. The topological polar surface area (TPSA) is 111 Å². The van der Waals surface area contributed by atoms with Crippen molar-refractivity contribution in [1.82, 2.24) is 0 Å². The summed E-state index contributed by atoms with van der Waals surface area (Å²) in [4.78, 5) is 37.4. The highest BCUT2D eigenvalue weighted by Gasteiger charge is 2.22. The Hall–Kier alpha value is -2.75. The largest absolute Gasteiger partial charge is 0.545 e. The fraction of sp³-hybridized carbons (Fsp3) is 0.843. The van der Waals surface area contributed by atoms with E-state index in [0.717, 1.165) is 44.9 Å². The Kier molecular flexibility index (Phi) is 59.2. The number of ether oxygens (including phenoxy) is 4. The third-order valence-corrected chi connectivity index (χ3v) is 15.0. The van der Waals surface area contributed by atoms with E-state index < -0.39 is 24.3 Å². The summed E-state index contributed by atoms with van der Waals surface area (Å²) >= 11 is 0. The van der Waals surface area contributed by atoms with Crippen LogP contribution in [0.3, 0.4) is 0 Å². The maximum absolute atomic E-state index is 12.9. The molecule has 9 heteroatoms. The van der Waals surface area contributed by atoms with Crippen molar-refractivity contribution in [3.63, 3.8) is 0 Å². The van der Waals surface area contributed by atoms with Crippen molar-refractivity contribution in [2.75, 3.05) is 47.5 Å². The minimum atomic E-state index is -1.62. The summed E-state index contributed by atoms with van der Waals surface area (Å²) in [5.74, 6) is -2.27. The number of hydrogen-bond acceptors (Lipinski definition) is 8. The maximum atomic E-state index is 12.9. The van der Waals surface area contributed by atoms with Crippen molar-refractivity contribution >= 4 is 17.9 Å². The van der Waals surface area contributed by atoms with E-state index >= 15 is 0 Å². The van der Waals surface area contributed by atoms with Crippen LogP contribution in [0.25, 0.3) is 0 Å². The summed E-state index contributed by atoms with van der Waals surface area (Å²) in [5, 5.41) is 11.8. The number of unbranched alkanes of at least 4 members (excludes halogenated alkanes) is 40. The van der Waals surface area contributed by atoms with Gasteiger partial charge in [-0.05, 0) is 77.0 Å². The molecule has 2 atom stereocenters. The van der Waals surface area contributed by atoms with Gasteiger partial charge in [0, 0.05) is 12.8 Å². The normalized spacial score (nSPS) is 13.0. The van der Waals surface area contributed by atoms with Gasteiger partial charge in [0.25, 0.3) is 0 Å². The fourth-order valence-corrected chi connectivity index (χ4v) is 9.84. The average molecular weight is 1110 g/mol. The number of likely N-dealkylation sites (N-methyl/N-ethyl adjacent to an activating group) is 1. The van der Waals surface area contributed by atoms with Crippen LogP contribution in [0.2, 0.25) is 0 Å². The smallest absolute Gasteiger partial charge is 0.306 e. The zero-order valence-corrected chi connectivity index (χ0v) is 52.8. The third kappa shape index (κ3) is 62.7. The van der Waals surface area contributed by atoms with E-state index in [1.165, 1.54) is 244 Å². The van der Waals surface area contributed by atoms with Crippen molar-refractivity contribution in [2.45, 2.75) is 334 Å². The van der Waals surface area contributed by atoms with Crippen molar-refractivity contribution in [3.8, 4) is 0 Å². The second-order valence-corrected chi connectivity index (χ2v) is 24.1. The summed E-state index contributed by atoms with van der Waals surface area (Å²) in [6, 6.07) is 0. The average Bonchev–Trinajstić information content (AvgIpc) is 3.42. The lowest BCUT2D eigenvalue weighted by Gasteiger charge is -2.26. The summed E-state index contributed by atoms with van der Waals surface area (Å²) in [6.45, 7) is 4.77. The zero-order chi connectivity index (χ0) is 57.6. The predicted molar refractivity (Wildman–Crippen MR) is 334 cm³/mol. The summed E-state index contributed by atoms with van der Waals surface area (Å²) in [5.41, 5.74) is 0. The number of allylic oxidation sites excluding steroid dienone is 8. The molecule has 0 N–H and O–H groups in total. The van der Waals surface area contributed by atoms with Crippen LogP contribution in [0.1, 0.15) is 322 Å². The molecule has 0 aliphatic heterocycles. The number of carboxylic acids is 1. The molecule has 9 nitrogen and oxygen atoms in total. The standard InChI is InChI=1S/C70H129NO8/c1-6-8-10-12-14-16-18-20-22-24-26-28-29-30-31-32-33-34-35-36-37-38-39-41-43-45-47-49-51-53-55-57-59-61-68(73)79-66(65-78-70(69(74)75)76-63-62-71(3,4)5)64-77-67(72)60-58-56-54-52-50-48-46-44-42-40-27-25-23-21-19-17-15-13-11-9-7-2/h18-21,24-27,66,70H,6-17,22-23,28-65H2,1-5H3/b20-18-,21-19-,26-24-,27-25-. The van der Waals surface area contributed by atoms with E-state index in [2.05, 4.69) is 62.5 Å². The van der Waals surface area contributed by atoms with Gasteiger partial charge in [-0.15, -0.1) is 0 Å². The predicted octanol–water partition coefficient (Wildman–Crippen LogP) is 19.2. The number of carbonyl (C=O) groups excluding carboxylic acids is 3. The molecule has 0 saturated carbocycles. The van der Waals surface area contributed by atoms with Gasteiger partial charge in [-0.2, -0.15) is 0 Å². The van der Waals surface area contributed by atoms with Gasteiger partial charge in [-0.3, -0.25) is 9.59 Å². The molecule has 0 aliphatic rings. The van der Waals surface area contributed by atoms with Gasteiger partial charge in [-0.25, -0.2) is 0 Å². The molecule has 0 spiro atoms. The van der Waals surface area contributed by atoms with Gasteiger partial charge in [0.1, 0.15) is 13.2 Å². The molecule has 0 saturated heterocycles. The molecule has 0 bridgehead atoms. The molecule has 0 rings (SSSR count). The Labute approximate surface area is 489 Å². The van der Waals surface area contributed by atoms with E-state index in [0.29, 0.717) is 17.4 Å². The molecule has 0 radical (unpaired) electrons. The van der Waals surface area contributed by atoms with Crippen LogP contribution in [-0.4, -0.2) is 82.3 Å². The number of carbonyl (C=O) groups is 3. The molecule has 462 valence electrons. The van der Waals surface area contributed by atoms with Gasteiger partial charge in [0.15, 0.2) is 12.4 Å². The molecular weight excluding hydrogens is 983 g/mol. The van der Waals surface area contributed by atoms with E-state index in [-0.39, 0.29) is 38.6 Å². The Morgan fingerprint density at radius 3 is 1.00 bits per heavy atom. The molecule has 0 aromatic heterocycles. The van der Waals surface area contributed by atoms with Crippen LogP contribution in [0.15, 0.2) is 48.6 Å². The Morgan fingerprint density at radius 1 is 0.380 bits per heavy atom. The monoisotopic (exact) mass is 1110 g/mol. The lowest BCUT2D eigenvalue weighted by Crippen LogP contribution is -2.44. The van der Waals surface area contributed by atoms with E-state index in [1.807, 2.05) is 21.1 Å². The molecule has 0 fully saturated rings. The van der Waals surface area contributed by atoms with Crippen molar-refractivity contribution in [2.24, 2.45) is 0 Å². The molecule has 0 heterocycles. The maximum Gasteiger partial charge on any atom is 0.306 e. The van der Waals surface area contributed by atoms with Gasteiger partial charge in [0.2, 0.25) is 0 Å².